The molecule has 2 atom stereocenters. The molecule has 1 aliphatic heterocycles. The third-order valence-corrected chi connectivity index (χ3v) is 4.81. The monoisotopic (exact) mass is 357 g/mol. The van der Waals surface area contributed by atoms with E-state index in [4.69, 9.17) is 9.73 Å². The van der Waals surface area contributed by atoms with Crippen LogP contribution in [0.2, 0.25) is 0 Å². The van der Waals surface area contributed by atoms with Crippen LogP contribution in [0.1, 0.15) is 28.8 Å². The Kier molecular flexibility index (Phi) is 5.06. The summed E-state index contributed by atoms with van der Waals surface area (Å²) in [5.74, 6) is 1.69. The van der Waals surface area contributed by atoms with Gasteiger partial charge in [-0.1, -0.05) is 78.9 Å². The van der Waals surface area contributed by atoms with Gasteiger partial charge >= 0.3 is 0 Å². The van der Waals surface area contributed by atoms with Gasteiger partial charge in [0.2, 0.25) is 0 Å². The van der Waals surface area contributed by atoms with Crippen molar-refractivity contribution in [2.24, 2.45) is 4.99 Å². The van der Waals surface area contributed by atoms with Crippen molar-refractivity contribution >= 4 is 5.96 Å². The van der Waals surface area contributed by atoms with Gasteiger partial charge in [0.25, 0.3) is 0 Å². The molecule has 136 valence electrons. The molecule has 4 rings (SSSR count). The van der Waals surface area contributed by atoms with Crippen molar-refractivity contribution in [2.45, 2.75) is 18.6 Å². The van der Waals surface area contributed by atoms with Gasteiger partial charge in [0, 0.05) is 12.1 Å². The first-order chi connectivity index (χ1) is 13.3. The van der Waals surface area contributed by atoms with Crippen molar-refractivity contribution in [3.05, 3.63) is 102 Å². The minimum absolute atomic E-state index is 0.0359. The summed E-state index contributed by atoms with van der Waals surface area (Å²) >= 11 is 0. The van der Waals surface area contributed by atoms with Crippen LogP contribution >= 0.6 is 0 Å². The molecule has 4 heteroatoms. The second-order valence-electron chi connectivity index (χ2n) is 6.53. The highest BCUT2D eigenvalue weighted by Gasteiger charge is 2.31. The summed E-state index contributed by atoms with van der Waals surface area (Å²) in [7, 11) is 1.70. The van der Waals surface area contributed by atoms with E-state index in [-0.39, 0.29) is 12.1 Å². The molecule has 0 saturated carbocycles. The van der Waals surface area contributed by atoms with Crippen molar-refractivity contribution in [3.8, 4) is 5.75 Å². The number of para-hydroxylation sites is 1. The molecule has 3 aromatic carbocycles. The van der Waals surface area contributed by atoms with Crippen LogP contribution in [0.25, 0.3) is 0 Å². The second kappa shape index (κ2) is 7.96. The lowest BCUT2D eigenvalue weighted by molar-refractivity contribution is 0.409. The van der Waals surface area contributed by atoms with E-state index in [1.54, 1.807) is 7.11 Å². The average Bonchev–Trinajstić information content (AvgIpc) is 3.18. The van der Waals surface area contributed by atoms with Gasteiger partial charge in [-0.3, -0.25) is 0 Å². The van der Waals surface area contributed by atoms with Gasteiger partial charge in [-0.2, -0.15) is 0 Å². The maximum atomic E-state index is 5.44. The largest absolute Gasteiger partial charge is 0.496 e. The number of rotatable bonds is 5. The lowest BCUT2D eigenvalue weighted by atomic mass is 9.95. The van der Waals surface area contributed by atoms with E-state index in [1.807, 2.05) is 30.3 Å². The van der Waals surface area contributed by atoms with Gasteiger partial charge in [0.1, 0.15) is 11.8 Å². The fourth-order valence-corrected chi connectivity index (χ4v) is 3.44. The summed E-state index contributed by atoms with van der Waals surface area (Å²) in [6, 6.07) is 29.1. The highest BCUT2D eigenvalue weighted by Crippen LogP contribution is 2.35. The Morgan fingerprint density at radius 2 is 1.48 bits per heavy atom. The molecular weight excluding hydrogens is 334 g/mol. The number of ether oxygens (including phenoxy) is 1. The highest BCUT2D eigenvalue weighted by atomic mass is 16.5. The summed E-state index contributed by atoms with van der Waals surface area (Å²) in [6.07, 6.45) is 0. The van der Waals surface area contributed by atoms with Crippen LogP contribution in [0.5, 0.6) is 5.75 Å². The first-order valence-corrected chi connectivity index (χ1v) is 9.15. The molecule has 0 aliphatic carbocycles. The number of hydrogen-bond donors (Lipinski definition) is 2. The minimum atomic E-state index is 0.0359. The number of methoxy groups -OCH3 is 1. The van der Waals surface area contributed by atoms with E-state index < -0.39 is 0 Å². The molecule has 0 amide bonds. The van der Waals surface area contributed by atoms with Gasteiger partial charge < -0.3 is 15.4 Å². The van der Waals surface area contributed by atoms with Crippen LogP contribution in [-0.2, 0) is 6.54 Å². The first kappa shape index (κ1) is 17.2. The number of hydrogen-bond acceptors (Lipinski definition) is 4. The average molecular weight is 357 g/mol. The maximum absolute atomic E-state index is 5.44. The van der Waals surface area contributed by atoms with Crippen LogP contribution < -0.4 is 15.4 Å². The third-order valence-electron chi connectivity index (χ3n) is 4.81. The second-order valence-corrected chi connectivity index (χ2v) is 6.53. The molecule has 0 radical (unpaired) electrons. The fraction of sp³-hybridized carbons (Fsp3) is 0.174. The van der Waals surface area contributed by atoms with E-state index in [0.29, 0.717) is 6.54 Å². The van der Waals surface area contributed by atoms with Crippen LogP contribution in [0.4, 0.5) is 0 Å². The van der Waals surface area contributed by atoms with Crippen molar-refractivity contribution in [3.63, 3.8) is 0 Å². The Labute approximate surface area is 159 Å². The summed E-state index contributed by atoms with van der Waals surface area (Å²) in [5.41, 5.74) is 3.53. The Hall–Kier alpha value is -3.27. The topological polar surface area (TPSA) is 45.6 Å². The van der Waals surface area contributed by atoms with Gasteiger partial charge in [-0.25, -0.2) is 4.99 Å². The normalized spacial score (nSPS) is 18.5. The quantitative estimate of drug-likeness (QED) is 0.718. The number of aliphatic imine (C=N–C) groups is 1. The van der Waals surface area contributed by atoms with Gasteiger partial charge in [0.05, 0.1) is 13.2 Å². The van der Waals surface area contributed by atoms with E-state index in [2.05, 4.69) is 65.2 Å². The van der Waals surface area contributed by atoms with Gasteiger partial charge in [0.15, 0.2) is 5.96 Å². The van der Waals surface area contributed by atoms with Crippen LogP contribution in [-0.4, -0.2) is 13.1 Å². The molecule has 2 N–H and O–H groups in total. The zero-order valence-corrected chi connectivity index (χ0v) is 15.3. The Balaban J connectivity index is 1.56. The molecule has 0 fully saturated rings. The van der Waals surface area contributed by atoms with Crippen LogP contribution in [0.3, 0.4) is 0 Å². The molecule has 3 aromatic rings. The zero-order chi connectivity index (χ0) is 18.5. The van der Waals surface area contributed by atoms with Crippen molar-refractivity contribution in [2.75, 3.05) is 7.11 Å². The molecule has 0 saturated heterocycles. The Bertz CT molecular complexity index is 909. The number of nitrogens with one attached hydrogen (secondary N) is 2. The Morgan fingerprint density at radius 3 is 2.19 bits per heavy atom. The van der Waals surface area contributed by atoms with Crippen molar-refractivity contribution in [1.82, 2.24) is 10.6 Å². The standard InChI is InChI=1S/C23H23N3O/c1-27-20-15-9-8-14-19(20)16-24-23-25-21(17-10-4-2-5-11-17)22(26-23)18-12-6-3-7-13-18/h2-15,21-22H,16H2,1H3,(H2,24,25,26)/t21-,22+. The fourth-order valence-electron chi connectivity index (χ4n) is 3.44. The first-order valence-electron chi connectivity index (χ1n) is 9.15. The molecule has 27 heavy (non-hydrogen) atoms. The van der Waals surface area contributed by atoms with Crippen LogP contribution in [0, 0.1) is 0 Å². The highest BCUT2D eigenvalue weighted by molar-refractivity contribution is 5.82. The van der Waals surface area contributed by atoms with E-state index in [0.717, 1.165) is 17.3 Å². The molecule has 0 unspecified atom stereocenters. The number of nitrogens with zero attached hydrogens (tertiary/aromatic N) is 1. The lowest BCUT2D eigenvalue weighted by Gasteiger charge is -2.19. The van der Waals surface area contributed by atoms with E-state index in [1.165, 1.54) is 11.1 Å². The van der Waals surface area contributed by atoms with Crippen LogP contribution in [0.15, 0.2) is 89.9 Å². The van der Waals surface area contributed by atoms with Crippen molar-refractivity contribution < 1.29 is 4.74 Å². The van der Waals surface area contributed by atoms with E-state index in [9.17, 15) is 0 Å². The van der Waals surface area contributed by atoms with E-state index >= 15 is 0 Å². The predicted molar refractivity (Wildman–Crippen MR) is 109 cm³/mol. The molecular formula is C23H23N3O. The minimum Gasteiger partial charge on any atom is -0.496 e. The molecule has 0 bridgehead atoms. The predicted octanol–water partition coefficient (Wildman–Crippen LogP) is 4.23. The van der Waals surface area contributed by atoms with Gasteiger partial charge in [-0.15, -0.1) is 0 Å². The SMILES string of the molecule is COc1ccccc1CNC1=N[C@@H](c2ccccc2)[C@@H](c2ccccc2)N1. The summed E-state index contributed by atoms with van der Waals surface area (Å²) in [4.78, 5) is 4.94. The molecule has 1 heterocycles. The smallest absolute Gasteiger partial charge is 0.192 e. The maximum Gasteiger partial charge on any atom is 0.192 e. The number of benzene rings is 3. The summed E-state index contributed by atoms with van der Waals surface area (Å²) in [6.45, 7) is 0.652. The molecule has 4 nitrogen and oxygen atoms in total. The zero-order valence-electron chi connectivity index (χ0n) is 15.3. The Morgan fingerprint density at radius 1 is 0.852 bits per heavy atom. The molecule has 1 aliphatic rings. The molecule has 0 spiro atoms. The molecule has 0 aromatic heterocycles. The summed E-state index contributed by atoms with van der Waals surface area (Å²) < 4.78 is 5.44. The third kappa shape index (κ3) is 3.80. The van der Waals surface area contributed by atoms with Gasteiger partial charge in [-0.05, 0) is 17.2 Å². The lowest BCUT2D eigenvalue weighted by Crippen LogP contribution is -2.35. The van der Waals surface area contributed by atoms with Crippen molar-refractivity contribution in [1.29, 1.82) is 0 Å². The summed E-state index contributed by atoms with van der Waals surface area (Å²) in [5, 5.41) is 6.99. The number of guanidine groups is 1.